The van der Waals surface area contributed by atoms with Crippen molar-refractivity contribution in [3.05, 3.63) is 84.6 Å². The lowest BCUT2D eigenvalue weighted by Crippen LogP contribution is -2.64. The van der Waals surface area contributed by atoms with Gasteiger partial charge in [0.05, 0.1) is 18.7 Å². The van der Waals surface area contributed by atoms with Gasteiger partial charge in [0.15, 0.2) is 5.41 Å². The molecule has 5 atom stereocenters. The van der Waals surface area contributed by atoms with Crippen molar-refractivity contribution in [3.8, 4) is 5.75 Å². The lowest BCUT2D eigenvalue weighted by molar-refractivity contribution is -0.138. The largest absolute Gasteiger partial charge is 0.497 e. The number of barbiturate groups is 1. The maximum absolute atomic E-state index is 12.0. The molecule has 3 N–H and O–H groups in total. The van der Waals surface area contributed by atoms with Crippen LogP contribution in [0, 0.1) is 11.8 Å². The molecule has 9 nitrogen and oxygen atoms in total. The Kier molecular flexibility index (Phi) is 8.19. The maximum Gasteiger partial charge on any atom is 0.328 e. The summed E-state index contributed by atoms with van der Waals surface area (Å²) >= 11 is 0. The molecule has 41 heavy (non-hydrogen) atoms. The Balaban J connectivity index is 0.000000175. The summed E-state index contributed by atoms with van der Waals surface area (Å²) in [4.78, 5) is 41.9. The van der Waals surface area contributed by atoms with E-state index in [4.69, 9.17) is 4.74 Å². The molecule has 0 saturated carbocycles. The minimum absolute atomic E-state index is 0.178. The molecule has 3 aromatic rings. The zero-order valence-electron chi connectivity index (χ0n) is 23.4. The Morgan fingerprint density at radius 3 is 2.49 bits per heavy atom. The van der Waals surface area contributed by atoms with Crippen LogP contribution in [0.3, 0.4) is 0 Å². The maximum atomic E-state index is 12.0. The number of hydrogen-bond acceptors (Lipinski definition) is 7. The third-order valence-electron chi connectivity index (χ3n) is 8.85. The van der Waals surface area contributed by atoms with Crippen molar-refractivity contribution < 1.29 is 24.2 Å². The van der Waals surface area contributed by atoms with Crippen molar-refractivity contribution >= 4 is 28.7 Å². The van der Waals surface area contributed by atoms with Gasteiger partial charge in [-0.25, -0.2) is 4.79 Å². The quantitative estimate of drug-likeness (QED) is 0.311. The van der Waals surface area contributed by atoms with E-state index in [1.165, 1.54) is 6.42 Å². The summed E-state index contributed by atoms with van der Waals surface area (Å²) in [5.74, 6) is 0.868. The number of aliphatic hydroxyl groups is 1. The van der Waals surface area contributed by atoms with Gasteiger partial charge in [-0.3, -0.25) is 30.1 Å². The molecule has 0 aliphatic carbocycles. The van der Waals surface area contributed by atoms with Gasteiger partial charge in [0, 0.05) is 24.2 Å². The molecule has 4 aliphatic heterocycles. The number of carbonyl (C=O) groups excluding carboxylic acids is 3. The standard InChI is InChI=1S/C20H24N2O2.C12H12N2O3/c1-3-13-12-22-9-7-14(13)10-19(22)20(23)16-6-8-21-18-5-4-15(24-2)11-17(16)18;1-2-12(8-6-4-3-5-7-8)9(15)13-11(17)14-10(12)16/h3-6,8,11,13-14,19-20,23H,1,7,9-10,12H2,2H3;3-7H,2H2,1H3,(H2,13,14,15,16,17)/t13?,14?,19?,20-;/m0./s1. The average Bonchev–Trinajstić information content (AvgIpc) is 3.01. The van der Waals surface area contributed by atoms with Gasteiger partial charge < -0.3 is 9.84 Å². The molecular formula is C32H36N4O5. The van der Waals surface area contributed by atoms with E-state index >= 15 is 0 Å². The third kappa shape index (κ3) is 5.23. The fourth-order valence-corrected chi connectivity index (χ4v) is 6.51. The first-order chi connectivity index (χ1) is 19.8. The number of pyridine rings is 1. The lowest BCUT2D eigenvalue weighted by atomic mass is 9.73. The number of rotatable bonds is 6. The van der Waals surface area contributed by atoms with E-state index in [0.29, 0.717) is 23.8 Å². The highest BCUT2D eigenvalue weighted by Gasteiger charge is 2.50. The number of fused-ring (bicyclic) bond motifs is 4. The number of piperidine rings is 3. The number of hydrogen-bond donors (Lipinski definition) is 3. The number of ether oxygens (including phenoxy) is 1. The Hall–Kier alpha value is -4.08. The number of imide groups is 2. The second-order valence-corrected chi connectivity index (χ2v) is 10.8. The number of aliphatic hydroxyl groups excluding tert-OH is 1. The minimum atomic E-state index is -1.31. The number of nitrogens with one attached hydrogen (secondary N) is 2. The van der Waals surface area contributed by atoms with E-state index in [9.17, 15) is 19.5 Å². The van der Waals surface area contributed by atoms with E-state index in [2.05, 4.69) is 33.2 Å². The van der Waals surface area contributed by atoms with E-state index < -0.39 is 29.4 Å². The van der Waals surface area contributed by atoms with Gasteiger partial charge in [0.25, 0.3) is 0 Å². The van der Waals surface area contributed by atoms with Crippen LogP contribution >= 0.6 is 0 Å². The molecular weight excluding hydrogens is 520 g/mol. The monoisotopic (exact) mass is 556 g/mol. The molecule has 4 amide bonds. The highest BCUT2D eigenvalue weighted by Crippen LogP contribution is 2.42. The van der Waals surface area contributed by atoms with Crippen LogP contribution in [-0.2, 0) is 15.0 Å². The molecule has 9 heteroatoms. The molecule has 7 rings (SSSR count). The number of nitrogens with zero attached hydrogens (tertiary/aromatic N) is 2. The van der Waals surface area contributed by atoms with Crippen LogP contribution < -0.4 is 15.4 Å². The Morgan fingerprint density at radius 2 is 1.88 bits per heavy atom. The second-order valence-electron chi connectivity index (χ2n) is 10.8. The summed E-state index contributed by atoms with van der Waals surface area (Å²) < 4.78 is 5.35. The zero-order valence-corrected chi connectivity index (χ0v) is 23.4. The second kappa shape index (κ2) is 11.8. The van der Waals surface area contributed by atoms with Crippen molar-refractivity contribution in [1.82, 2.24) is 20.5 Å². The summed E-state index contributed by atoms with van der Waals surface area (Å²) in [5.41, 5.74) is 1.12. The number of carbonyl (C=O) groups is 3. The minimum Gasteiger partial charge on any atom is -0.497 e. The van der Waals surface area contributed by atoms with E-state index in [-0.39, 0.29) is 6.04 Å². The molecule has 4 fully saturated rings. The van der Waals surface area contributed by atoms with Crippen molar-refractivity contribution in [2.45, 2.75) is 43.7 Å². The van der Waals surface area contributed by atoms with E-state index in [1.54, 1.807) is 50.6 Å². The van der Waals surface area contributed by atoms with E-state index in [1.807, 2.05) is 24.3 Å². The van der Waals surface area contributed by atoms with Crippen molar-refractivity contribution in [2.24, 2.45) is 11.8 Å². The van der Waals surface area contributed by atoms with Gasteiger partial charge in [0.1, 0.15) is 5.75 Å². The normalized spacial score (nSPS) is 25.4. The molecule has 2 aromatic carbocycles. The molecule has 0 spiro atoms. The third-order valence-corrected chi connectivity index (χ3v) is 8.85. The van der Waals surface area contributed by atoms with Gasteiger partial charge in [-0.05, 0) is 73.0 Å². The molecule has 1 aromatic heterocycles. The average molecular weight is 557 g/mol. The van der Waals surface area contributed by atoms with Crippen LogP contribution in [-0.4, -0.2) is 59.1 Å². The number of aromatic nitrogens is 1. The van der Waals surface area contributed by atoms with Crippen LogP contribution in [0.5, 0.6) is 5.75 Å². The lowest BCUT2D eigenvalue weighted by Gasteiger charge is -2.50. The molecule has 4 aliphatic rings. The summed E-state index contributed by atoms with van der Waals surface area (Å²) in [6, 6.07) is 15.9. The first kappa shape index (κ1) is 28.4. The van der Waals surface area contributed by atoms with Crippen molar-refractivity contribution in [1.29, 1.82) is 0 Å². The number of amides is 4. The Labute approximate surface area is 239 Å². The summed E-state index contributed by atoms with van der Waals surface area (Å²) in [6.07, 6.45) is 5.91. The Bertz CT molecular complexity index is 1440. The predicted octanol–water partition coefficient (Wildman–Crippen LogP) is 3.87. The van der Waals surface area contributed by atoms with Gasteiger partial charge in [-0.1, -0.05) is 43.3 Å². The molecule has 4 saturated heterocycles. The van der Waals surface area contributed by atoms with Gasteiger partial charge in [-0.2, -0.15) is 0 Å². The van der Waals surface area contributed by atoms with E-state index in [0.717, 1.165) is 41.7 Å². The number of urea groups is 1. The van der Waals surface area contributed by atoms with Crippen molar-refractivity contribution in [3.63, 3.8) is 0 Å². The van der Waals surface area contributed by atoms with Crippen molar-refractivity contribution in [2.75, 3.05) is 20.2 Å². The predicted molar refractivity (Wildman–Crippen MR) is 155 cm³/mol. The summed E-state index contributed by atoms with van der Waals surface area (Å²) in [5, 5.41) is 16.4. The molecule has 214 valence electrons. The highest BCUT2D eigenvalue weighted by molar-refractivity contribution is 6.22. The first-order valence-corrected chi connectivity index (χ1v) is 14.0. The van der Waals surface area contributed by atoms with Gasteiger partial charge in [0.2, 0.25) is 11.8 Å². The van der Waals surface area contributed by atoms with Crippen LogP contribution in [0.15, 0.2) is 73.4 Å². The van der Waals surface area contributed by atoms with Crippen LogP contribution in [0.25, 0.3) is 10.9 Å². The summed E-state index contributed by atoms with van der Waals surface area (Å²) in [6.45, 7) is 7.81. The first-order valence-electron chi connectivity index (χ1n) is 14.0. The Morgan fingerprint density at radius 1 is 1.15 bits per heavy atom. The summed E-state index contributed by atoms with van der Waals surface area (Å²) in [7, 11) is 1.66. The number of methoxy groups -OCH3 is 1. The van der Waals surface area contributed by atoms with Crippen LogP contribution in [0.1, 0.15) is 43.4 Å². The molecule has 4 unspecified atom stereocenters. The highest BCUT2D eigenvalue weighted by atomic mass is 16.5. The van der Waals surface area contributed by atoms with Crippen LogP contribution in [0.4, 0.5) is 4.79 Å². The fraction of sp³-hybridized carbons (Fsp3) is 0.375. The fourth-order valence-electron chi connectivity index (χ4n) is 6.51. The zero-order chi connectivity index (χ0) is 29.1. The SMILES string of the molecule is C=CC1CN2CCC1CC2[C@@H](O)c1ccnc2ccc(OC)cc12.CCC1(c2ccccc2)C(=O)NC(=O)NC1=O. The smallest absolute Gasteiger partial charge is 0.328 e. The molecule has 0 radical (unpaired) electrons. The van der Waals surface area contributed by atoms with Crippen LogP contribution in [0.2, 0.25) is 0 Å². The molecule has 5 heterocycles. The van der Waals surface area contributed by atoms with Gasteiger partial charge in [-0.15, -0.1) is 6.58 Å². The number of benzene rings is 2. The topological polar surface area (TPSA) is 121 Å². The van der Waals surface area contributed by atoms with Gasteiger partial charge >= 0.3 is 6.03 Å². The molecule has 2 bridgehead atoms.